The van der Waals surface area contributed by atoms with Crippen molar-refractivity contribution in [3.8, 4) is 5.75 Å². The van der Waals surface area contributed by atoms with Crippen LogP contribution in [0, 0.1) is 6.92 Å². The van der Waals surface area contributed by atoms with Crippen molar-refractivity contribution in [2.24, 2.45) is 0 Å². The third-order valence-electron chi connectivity index (χ3n) is 3.68. The maximum atomic E-state index is 12.2. The topological polar surface area (TPSA) is 29.5 Å². The van der Waals surface area contributed by atoms with E-state index in [2.05, 4.69) is 15.9 Å². The minimum atomic E-state index is 0.133. The lowest BCUT2D eigenvalue weighted by Crippen LogP contribution is -2.26. The van der Waals surface area contributed by atoms with Gasteiger partial charge in [0.2, 0.25) is 5.91 Å². The smallest absolute Gasteiger partial charge is 0.222 e. The van der Waals surface area contributed by atoms with Crippen LogP contribution in [0.3, 0.4) is 0 Å². The van der Waals surface area contributed by atoms with E-state index in [1.807, 2.05) is 62.5 Å². The van der Waals surface area contributed by atoms with Crippen LogP contribution in [0.4, 0.5) is 0 Å². The van der Waals surface area contributed by atoms with Crippen LogP contribution in [-0.4, -0.2) is 24.5 Å². The Morgan fingerprint density at radius 2 is 1.83 bits per heavy atom. The Morgan fingerprint density at radius 1 is 1.13 bits per heavy atom. The van der Waals surface area contributed by atoms with Crippen molar-refractivity contribution in [1.82, 2.24) is 4.90 Å². The van der Waals surface area contributed by atoms with Gasteiger partial charge in [-0.05, 0) is 36.6 Å². The molecule has 0 spiro atoms. The number of ether oxygens (including phenoxy) is 1. The summed E-state index contributed by atoms with van der Waals surface area (Å²) >= 11 is 3.51. The number of hydrogen-bond donors (Lipinski definition) is 0. The van der Waals surface area contributed by atoms with Crippen molar-refractivity contribution in [2.45, 2.75) is 26.3 Å². The first-order valence-corrected chi connectivity index (χ1v) is 8.53. The van der Waals surface area contributed by atoms with Gasteiger partial charge < -0.3 is 9.64 Å². The summed E-state index contributed by atoms with van der Waals surface area (Å²) in [6.07, 6.45) is 1.21. The molecule has 23 heavy (non-hydrogen) atoms. The largest absolute Gasteiger partial charge is 0.493 e. The van der Waals surface area contributed by atoms with Crippen LogP contribution >= 0.6 is 15.9 Å². The second kappa shape index (κ2) is 8.73. The van der Waals surface area contributed by atoms with E-state index in [9.17, 15) is 4.79 Å². The Kier molecular flexibility index (Phi) is 6.66. The predicted molar refractivity (Wildman–Crippen MR) is 96.5 cm³/mol. The third-order valence-corrected chi connectivity index (χ3v) is 4.45. The molecule has 1 amide bonds. The predicted octanol–water partition coefficient (Wildman–Crippen LogP) is 4.58. The summed E-state index contributed by atoms with van der Waals surface area (Å²) in [4.78, 5) is 13.9. The molecule has 0 saturated heterocycles. The van der Waals surface area contributed by atoms with Gasteiger partial charge in [0.05, 0.1) is 6.61 Å². The number of carbonyl (C=O) groups is 1. The van der Waals surface area contributed by atoms with Gasteiger partial charge in [0, 0.05) is 24.5 Å². The molecule has 2 rings (SSSR count). The van der Waals surface area contributed by atoms with Gasteiger partial charge in [-0.15, -0.1) is 0 Å². The number of hydrogen-bond acceptors (Lipinski definition) is 2. The summed E-state index contributed by atoms with van der Waals surface area (Å²) in [5.74, 6) is 1.02. The molecule has 122 valence electrons. The number of nitrogens with zero attached hydrogens (tertiary/aromatic N) is 1. The standard InChI is InChI=1S/C19H22BrNO2/c1-15-8-3-6-11-18(15)23-13-7-12-19(22)21(2)14-16-9-4-5-10-17(16)20/h3-6,8-11H,7,12-14H2,1-2H3. The van der Waals surface area contributed by atoms with Crippen LogP contribution in [-0.2, 0) is 11.3 Å². The number of halogens is 1. The van der Waals surface area contributed by atoms with Crippen LogP contribution in [0.5, 0.6) is 5.75 Å². The molecule has 0 N–H and O–H groups in total. The minimum absolute atomic E-state index is 0.133. The lowest BCUT2D eigenvalue weighted by Gasteiger charge is -2.18. The van der Waals surface area contributed by atoms with Gasteiger partial charge in [-0.3, -0.25) is 4.79 Å². The van der Waals surface area contributed by atoms with Gasteiger partial charge in [0.1, 0.15) is 5.75 Å². The van der Waals surface area contributed by atoms with Gasteiger partial charge in [-0.25, -0.2) is 0 Å². The molecule has 0 saturated carbocycles. The SMILES string of the molecule is Cc1ccccc1OCCCC(=O)N(C)Cc1ccccc1Br. The zero-order chi connectivity index (χ0) is 16.7. The minimum Gasteiger partial charge on any atom is -0.493 e. The first kappa shape index (κ1) is 17.5. The van der Waals surface area contributed by atoms with Crippen LogP contribution in [0.2, 0.25) is 0 Å². The van der Waals surface area contributed by atoms with Crippen molar-refractivity contribution in [3.05, 3.63) is 64.1 Å². The summed E-state index contributed by atoms with van der Waals surface area (Å²) in [6.45, 7) is 3.18. The molecule has 0 aliphatic rings. The van der Waals surface area contributed by atoms with Gasteiger partial charge >= 0.3 is 0 Å². The van der Waals surface area contributed by atoms with Crippen LogP contribution in [0.15, 0.2) is 53.0 Å². The second-order valence-electron chi connectivity index (χ2n) is 5.56. The average Bonchev–Trinajstić information content (AvgIpc) is 2.55. The van der Waals surface area contributed by atoms with Gasteiger partial charge in [-0.1, -0.05) is 52.3 Å². The molecule has 0 heterocycles. The zero-order valence-electron chi connectivity index (χ0n) is 13.6. The molecule has 3 nitrogen and oxygen atoms in total. The molecule has 0 aliphatic heterocycles. The molecule has 4 heteroatoms. The molecule has 0 bridgehead atoms. The Bertz CT molecular complexity index is 657. The Labute approximate surface area is 146 Å². The quantitative estimate of drug-likeness (QED) is 0.663. The molecule has 2 aromatic rings. The van der Waals surface area contributed by atoms with Crippen molar-refractivity contribution in [1.29, 1.82) is 0 Å². The van der Waals surface area contributed by atoms with E-state index in [0.717, 1.165) is 21.3 Å². The van der Waals surface area contributed by atoms with Gasteiger partial charge in [-0.2, -0.15) is 0 Å². The summed E-state index contributed by atoms with van der Waals surface area (Å²) in [7, 11) is 1.84. The van der Waals surface area contributed by atoms with Gasteiger partial charge in [0.15, 0.2) is 0 Å². The highest BCUT2D eigenvalue weighted by atomic mass is 79.9. The average molecular weight is 376 g/mol. The van der Waals surface area contributed by atoms with Crippen LogP contribution < -0.4 is 4.74 Å². The molecule has 0 atom stereocenters. The van der Waals surface area contributed by atoms with E-state index >= 15 is 0 Å². The molecule has 2 aromatic carbocycles. The van der Waals surface area contributed by atoms with E-state index < -0.39 is 0 Å². The highest BCUT2D eigenvalue weighted by Crippen LogP contribution is 2.18. The fourth-order valence-corrected chi connectivity index (χ4v) is 2.70. The van der Waals surface area contributed by atoms with Crippen LogP contribution in [0.1, 0.15) is 24.0 Å². The fourth-order valence-electron chi connectivity index (χ4n) is 2.29. The normalized spacial score (nSPS) is 10.4. The summed E-state index contributed by atoms with van der Waals surface area (Å²) in [5, 5.41) is 0. The van der Waals surface area contributed by atoms with E-state index in [0.29, 0.717) is 26.0 Å². The molecule has 0 aromatic heterocycles. The van der Waals surface area contributed by atoms with Crippen molar-refractivity contribution in [3.63, 3.8) is 0 Å². The lowest BCUT2D eigenvalue weighted by atomic mass is 10.2. The number of benzene rings is 2. The number of amides is 1. The van der Waals surface area contributed by atoms with Crippen molar-refractivity contribution >= 4 is 21.8 Å². The van der Waals surface area contributed by atoms with E-state index in [4.69, 9.17) is 4.74 Å². The Morgan fingerprint density at radius 3 is 2.57 bits per heavy atom. The van der Waals surface area contributed by atoms with Crippen molar-refractivity contribution in [2.75, 3.05) is 13.7 Å². The summed E-state index contributed by atoms with van der Waals surface area (Å²) < 4.78 is 6.76. The molecule has 0 radical (unpaired) electrons. The molecule has 0 aliphatic carbocycles. The van der Waals surface area contributed by atoms with E-state index in [1.54, 1.807) is 4.90 Å². The molecule has 0 fully saturated rings. The maximum Gasteiger partial charge on any atom is 0.222 e. The summed E-state index contributed by atoms with van der Waals surface area (Å²) in [6, 6.07) is 15.9. The first-order chi connectivity index (χ1) is 11.1. The summed E-state index contributed by atoms with van der Waals surface area (Å²) in [5.41, 5.74) is 2.23. The highest BCUT2D eigenvalue weighted by molar-refractivity contribution is 9.10. The maximum absolute atomic E-state index is 12.2. The lowest BCUT2D eigenvalue weighted by molar-refractivity contribution is -0.130. The number of aryl methyl sites for hydroxylation is 1. The number of para-hydroxylation sites is 1. The molecule has 0 unspecified atom stereocenters. The van der Waals surface area contributed by atoms with E-state index in [1.165, 1.54) is 0 Å². The monoisotopic (exact) mass is 375 g/mol. The molecular weight excluding hydrogens is 354 g/mol. The Balaban J connectivity index is 1.74. The second-order valence-corrected chi connectivity index (χ2v) is 6.41. The number of carbonyl (C=O) groups excluding carboxylic acids is 1. The third kappa shape index (κ3) is 5.39. The Hall–Kier alpha value is -1.81. The first-order valence-electron chi connectivity index (χ1n) is 7.73. The number of rotatable bonds is 7. The van der Waals surface area contributed by atoms with Crippen molar-refractivity contribution < 1.29 is 9.53 Å². The zero-order valence-corrected chi connectivity index (χ0v) is 15.2. The fraction of sp³-hybridized carbons (Fsp3) is 0.316. The van der Waals surface area contributed by atoms with Gasteiger partial charge in [0.25, 0.3) is 0 Å². The molecular formula is C19H22BrNO2. The highest BCUT2D eigenvalue weighted by Gasteiger charge is 2.10. The van der Waals surface area contributed by atoms with E-state index in [-0.39, 0.29) is 5.91 Å². The van der Waals surface area contributed by atoms with Crippen LogP contribution in [0.25, 0.3) is 0 Å².